The van der Waals surface area contributed by atoms with Gasteiger partial charge in [0.1, 0.15) is 11.9 Å². The molecule has 0 aliphatic carbocycles. The highest BCUT2D eigenvalue weighted by Crippen LogP contribution is 2.32. The average Bonchev–Trinajstić information content (AvgIpc) is 3.22. The van der Waals surface area contributed by atoms with Gasteiger partial charge in [-0.1, -0.05) is 24.6 Å². The van der Waals surface area contributed by atoms with Gasteiger partial charge in [-0.2, -0.15) is 0 Å². The van der Waals surface area contributed by atoms with Crippen LogP contribution in [0.5, 0.6) is 0 Å². The highest BCUT2D eigenvalue weighted by Gasteiger charge is 2.47. The number of hydrogen-bond donors (Lipinski definition) is 3. The van der Waals surface area contributed by atoms with Gasteiger partial charge in [-0.3, -0.25) is 14.2 Å². The van der Waals surface area contributed by atoms with Crippen molar-refractivity contribution in [2.75, 3.05) is 17.2 Å². The van der Waals surface area contributed by atoms with Crippen LogP contribution in [0, 0.1) is 12.7 Å². The third-order valence-corrected chi connectivity index (χ3v) is 6.61. The first kappa shape index (κ1) is 25.4. The first-order valence-corrected chi connectivity index (χ1v) is 11.8. The van der Waals surface area contributed by atoms with Crippen molar-refractivity contribution in [3.8, 4) is 5.69 Å². The summed E-state index contributed by atoms with van der Waals surface area (Å²) in [4.78, 5) is 39.7. The summed E-state index contributed by atoms with van der Waals surface area (Å²) in [5, 5.41) is 16.6. The number of aryl methyl sites for hydroxylation is 1. The van der Waals surface area contributed by atoms with Crippen LogP contribution in [0.15, 0.2) is 65.6 Å². The average molecular weight is 513 g/mol. The van der Waals surface area contributed by atoms with Crippen LogP contribution in [0.1, 0.15) is 25.3 Å². The number of nitrogens with zero attached hydrogens (tertiary/aromatic N) is 2. The maximum absolute atomic E-state index is 14.9. The fourth-order valence-corrected chi connectivity index (χ4v) is 4.30. The van der Waals surface area contributed by atoms with Crippen molar-refractivity contribution < 1.29 is 19.1 Å². The fraction of sp³-hybridized carbons (Fsp3) is 0.269. The Labute approximate surface area is 212 Å². The van der Waals surface area contributed by atoms with E-state index in [0.29, 0.717) is 28.4 Å². The van der Waals surface area contributed by atoms with Crippen LogP contribution in [0.2, 0.25) is 5.02 Å². The van der Waals surface area contributed by atoms with Crippen LogP contribution in [0.25, 0.3) is 5.69 Å². The topological polar surface area (TPSA) is 104 Å². The van der Waals surface area contributed by atoms with Crippen LogP contribution in [-0.4, -0.2) is 44.7 Å². The van der Waals surface area contributed by atoms with Gasteiger partial charge in [-0.25, -0.2) is 9.18 Å². The molecular weight excluding hydrogens is 487 g/mol. The zero-order valence-electron chi connectivity index (χ0n) is 19.8. The molecule has 36 heavy (non-hydrogen) atoms. The van der Waals surface area contributed by atoms with Gasteiger partial charge in [0.25, 0.3) is 5.56 Å². The van der Waals surface area contributed by atoms with E-state index in [1.807, 2.05) is 0 Å². The van der Waals surface area contributed by atoms with Gasteiger partial charge in [0.15, 0.2) is 0 Å². The summed E-state index contributed by atoms with van der Waals surface area (Å²) in [5.41, 5.74) is -0.339. The lowest BCUT2D eigenvalue weighted by Crippen LogP contribution is -2.45. The molecule has 10 heteroatoms. The molecule has 1 aromatic heterocycles. The van der Waals surface area contributed by atoms with E-state index >= 15 is 0 Å². The van der Waals surface area contributed by atoms with Crippen LogP contribution in [0.3, 0.4) is 0 Å². The third-order valence-electron chi connectivity index (χ3n) is 6.36. The summed E-state index contributed by atoms with van der Waals surface area (Å²) in [6, 6.07) is 12.2. The van der Waals surface area contributed by atoms with E-state index in [-0.39, 0.29) is 24.2 Å². The molecule has 1 aliphatic heterocycles. The van der Waals surface area contributed by atoms with E-state index in [0.717, 1.165) is 6.07 Å². The molecule has 0 radical (unpaired) electrons. The van der Waals surface area contributed by atoms with Crippen molar-refractivity contribution in [3.05, 3.63) is 87.6 Å². The van der Waals surface area contributed by atoms with Crippen molar-refractivity contribution in [3.63, 3.8) is 0 Å². The van der Waals surface area contributed by atoms with E-state index in [4.69, 9.17) is 11.6 Å². The van der Waals surface area contributed by atoms with E-state index in [9.17, 15) is 23.9 Å². The Morgan fingerprint density at radius 2 is 1.89 bits per heavy atom. The van der Waals surface area contributed by atoms with E-state index in [1.54, 1.807) is 50.2 Å². The molecule has 0 saturated carbocycles. The predicted molar refractivity (Wildman–Crippen MR) is 136 cm³/mol. The minimum absolute atomic E-state index is 0.00175. The minimum Gasteiger partial charge on any atom is -0.388 e. The van der Waals surface area contributed by atoms with Crippen molar-refractivity contribution in [2.45, 2.75) is 38.3 Å². The second-order valence-corrected chi connectivity index (χ2v) is 9.32. The highest BCUT2D eigenvalue weighted by atomic mass is 35.5. The number of urea groups is 1. The first-order valence-electron chi connectivity index (χ1n) is 11.4. The molecule has 2 heterocycles. The molecular formula is C26H26ClFN4O4. The number of carbonyl (C=O) groups is 2. The second kappa shape index (κ2) is 10.1. The molecule has 8 nitrogen and oxygen atoms in total. The van der Waals surface area contributed by atoms with Crippen molar-refractivity contribution in [1.82, 2.24) is 9.47 Å². The largest absolute Gasteiger partial charge is 0.388 e. The van der Waals surface area contributed by atoms with Gasteiger partial charge in [-0.15, -0.1) is 0 Å². The van der Waals surface area contributed by atoms with Gasteiger partial charge in [0.05, 0.1) is 23.5 Å². The Balaban J connectivity index is 1.54. The summed E-state index contributed by atoms with van der Waals surface area (Å²) in [7, 11) is 0. The van der Waals surface area contributed by atoms with Crippen LogP contribution < -0.4 is 16.2 Å². The van der Waals surface area contributed by atoms with Crippen LogP contribution in [0.4, 0.5) is 20.6 Å². The van der Waals surface area contributed by atoms with Gasteiger partial charge >= 0.3 is 6.03 Å². The first-order chi connectivity index (χ1) is 17.1. The minimum atomic E-state index is -1.26. The zero-order valence-corrected chi connectivity index (χ0v) is 20.6. The quantitative estimate of drug-likeness (QED) is 0.473. The number of anilines is 2. The molecule has 1 fully saturated rings. The number of hydrogen-bond acceptors (Lipinski definition) is 4. The summed E-state index contributed by atoms with van der Waals surface area (Å²) < 4.78 is 16.2. The third kappa shape index (κ3) is 5.27. The smallest absolute Gasteiger partial charge is 0.322 e. The predicted octanol–water partition coefficient (Wildman–Crippen LogP) is 4.32. The zero-order chi connectivity index (χ0) is 26.0. The monoisotopic (exact) mass is 512 g/mol. The standard InChI is InChI=1S/C26H26ClFN4O4/c1-3-26(36)14-22(32(15-26)25(35)29-18-8-6-17(27)7-9-18)23(33)30-21-11-10-19(13-20(21)28)31-12-4-5-16(2)24(31)34/h4-13,22,36H,3,14-15H2,1-2H3,(H,29,35)(H,30,33)/t22-,26-/m1/s1. The highest BCUT2D eigenvalue weighted by molar-refractivity contribution is 6.30. The van der Waals surface area contributed by atoms with Crippen LogP contribution in [-0.2, 0) is 4.79 Å². The lowest BCUT2D eigenvalue weighted by atomic mass is 9.97. The summed E-state index contributed by atoms with van der Waals surface area (Å²) >= 11 is 5.89. The molecule has 1 saturated heterocycles. The van der Waals surface area contributed by atoms with E-state index < -0.39 is 29.4 Å². The Bertz CT molecular complexity index is 1360. The van der Waals surface area contributed by atoms with E-state index in [1.165, 1.54) is 27.8 Å². The molecule has 1 aliphatic rings. The van der Waals surface area contributed by atoms with E-state index in [2.05, 4.69) is 10.6 Å². The molecule has 3 amide bonds. The molecule has 188 valence electrons. The number of amides is 3. The normalized spacial score (nSPS) is 19.2. The summed E-state index contributed by atoms with van der Waals surface area (Å²) in [5.74, 6) is -1.37. The molecule has 4 rings (SSSR count). The summed E-state index contributed by atoms with van der Waals surface area (Å²) in [6.45, 7) is 3.37. The fourth-order valence-electron chi connectivity index (χ4n) is 4.17. The van der Waals surface area contributed by atoms with Crippen LogP contribution >= 0.6 is 11.6 Å². The Kier molecular flexibility index (Phi) is 7.14. The van der Waals surface area contributed by atoms with Gasteiger partial charge in [-0.05, 0) is 55.8 Å². The Morgan fingerprint density at radius 1 is 1.17 bits per heavy atom. The molecule has 3 aromatic rings. The van der Waals surface area contributed by atoms with Crippen molar-refractivity contribution >= 4 is 34.9 Å². The number of benzene rings is 2. The molecule has 3 N–H and O–H groups in total. The maximum Gasteiger partial charge on any atom is 0.322 e. The molecule has 0 unspecified atom stereocenters. The molecule has 2 atom stereocenters. The van der Waals surface area contributed by atoms with Gasteiger partial charge in [0.2, 0.25) is 5.91 Å². The van der Waals surface area contributed by atoms with Gasteiger partial charge < -0.3 is 20.6 Å². The number of likely N-dealkylation sites (tertiary alicyclic amines) is 1. The Morgan fingerprint density at radius 3 is 2.56 bits per heavy atom. The summed E-state index contributed by atoms with van der Waals surface area (Å²) in [6.07, 6.45) is 1.86. The lowest BCUT2D eigenvalue weighted by molar-refractivity contribution is -0.119. The number of pyridine rings is 1. The number of carbonyl (C=O) groups excluding carboxylic acids is 2. The maximum atomic E-state index is 14.9. The van der Waals surface area contributed by atoms with Crippen molar-refractivity contribution in [2.24, 2.45) is 0 Å². The number of rotatable bonds is 5. The number of halogens is 2. The van der Waals surface area contributed by atoms with Gasteiger partial charge in [0, 0.05) is 35.0 Å². The number of β-amino-alcohol motifs (C(OH)–C–C–N with tert-alkyl or cyclic N) is 1. The lowest BCUT2D eigenvalue weighted by Gasteiger charge is -2.24. The Hall–Kier alpha value is -3.69. The molecule has 0 spiro atoms. The molecule has 2 aromatic carbocycles. The SMILES string of the molecule is CC[C@@]1(O)C[C@H](C(=O)Nc2ccc(-n3cccc(C)c3=O)cc2F)N(C(=O)Nc2ccc(Cl)cc2)C1. The van der Waals surface area contributed by atoms with Crippen molar-refractivity contribution in [1.29, 1.82) is 0 Å². The number of aliphatic hydroxyl groups is 1. The second-order valence-electron chi connectivity index (χ2n) is 8.88. The molecule has 0 bridgehead atoms. The number of aromatic nitrogens is 1. The number of nitrogens with one attached hydrogen (secondary N) is 2.